The Morgan fingerprint density at radius 3 is 2.36 bits per heavy atom. The average Bonchev–Trinajstić information content (AvgIpc) is 2.52. The maximum absolute atomic E-state index is 12.5. The van der Waals surface area contributed by atoms with Crippen molar-refractivity contribution in [1.82, 2.24) is 5.32 Å². The second kappa shape index (κ2) is 6.75. The van der Waals surface area contributed by atoms with Crippen molar-refractivity contribution < 1.29 is 19.1 Å². The number of hydrogen-bond acceptors (Lipinski definition) is 5. The molecule has 116 valence electrons. The van der Waals surface area contributed by atoms with Crippen molar-refractivity contribution in [2.24, 2.45) is 0 Å². The molecule has 1 aliphatic rings. The van der Waals surface area contributed by atoms with Crippen LogP contribution in [0.15, 0.2) is 35.0 Å². The van der Waals surface area contributed by atoms with E-state index in [0.29, 0.717) is 17.5 Å². The Kier molecular flexibility index (Phi) is 4.98. The second-order valence-electron chi connectivity index (χ2n) is 4.94. The Morgan fingerprint density at radius 1 is 1.23 bits per heavy atom. The van der Waals surface area contributed by atoms with Crippen LogP contribution in [0.1, 0.15) is 41.0 Å². The smallest absolute Gasteiger partial charge is 0.302 e. The fourth-order valence-electron chi connectivity index (χ4n) is 2.16. The minimum atomic E-state index is -0.406. The first-order chi connectivity index (χ1) is 10.5. The standard InChI is InChI=1S/C16H16ClNO4/c1-3-10(8-22-9(2)19)18-14-13(17)15(20)11-6-4-5-7-12(11)16(14)21/h4-7,10,18H,3,8H2,1-2H3. The molecule has 0 radical (unpaired) electrons. The minimum Gasteiger partial charge on any atom is -0.464 e. The van der Waals surface area contributed by atoms with E-state index in [1.807, 2.05) is 6.92 Å². The van der Waals surface area contributed by atoms with Gasteiger partial charge in [-0.3, -0.25) is 14.4 Å². The number of nitrogens with one attached hydrogen (secondary N) is 1. The largest absolute Gasteiger partial charge is 0.464 e. The minimum absolute atomic E-state index is 0.0596. The van der Waals surface area contributed by atoms with Gasteiger partial charge < -0.3 is 10.1 Å². The Morgan fingerprint density at radius 2 is 1.82 bits per heavy atom. The van der Waals surface area contributed by atoms with E-state index in [4.69, 9.17) is 16.3 Å². The number of ketones is 2. The lowest BCUT2D eigenvalue weighted by Gasteiger charge is -2.23. The molecular weight excluding hydrogens is 306 g/mol. The zero-order valence-corrected chi connectivity index (χ0v) is 13.1. The monoisotopic (exact) mass is 321 g/mol. The van der Waals surface area contributed by atoms with E-state index in [2.05, 4.69) is 5.32 Å². The van der Waals surface area contributed by atoms with Gasteiger partial charge in [0.15, 0.2) is 0 Å². The van der Waals surface area contributed by atoms with Gasteiger partial charge in [0, 0.05) is 18.1 Å². The van der Waals surface area contributed by atoms with Gasteiger partial charge in [0.1, 0.15) is 17.3 Å². The number of carbonyl (C=O) groups excluding carboxylic acids is 3. The van der Waals surface area contributed by atoms with Crippen LogP contribution in [-0.2, 0) is 9.53 Å². The van der Waals surface area contributed by atoms with Crippen molar-refractivity contribution in [3.63, 3.8) is 0 Å². The van der Waals surface area contributed by atoms with E-state index in [-0.39, 0.29) is 34.9 Å². The van der Waals surface area contributed by atoms with Crippen LogP contribution in [-0.4, -0.2) is 30.2 Å². The van der Waals surface area contributed by atoms with Gasteiger partial charge in [-0.15, -0.1) is 0 Å². The number of halogens is 1. The summed E-state index contributed by atoms with van der Waals surface area (Å²) in [5.74, 6) is -1.13. The highest BCUT2D eigenvalue weighted by molar-refractivity contribution is 6.49. The molecule has 1 N–H and O–H groups in total. The third kappa shape index (κ3) is 3.20. The van der Waals surface area contributed by atoms with E-state index in [1.54, 1.807) is 24.3 Å². The molecule has 0 aromatic heterocycles. The summed E-state index contributed by atoms with van der Waals surface area (Å²) < 4.78 is 4.94. The summed E-state index contributed by atoms with van der Waals surface area (Å²) in [6.45, 7) is 3.28. The molecule has 0 aliphatic heterocycles. The molecule has 0 saturated heterocycles. The summed E-state index contributed by atoms with van der Waals surface area (Å²) >= 11 is 6.06. The number of fused-ring (bicyclic) bond motifs is 1. The van der Waals surface area contributed by atoms with Crippen molar-refractivity contribution >= 4 is 29.1 Å². The highest BCUT2D eigenvalue weighted by atomic mass is 35.5. The molecule has 0 bridgehead atoms. The lowest BCUT2D eigenvalue weighted by Crippen LogP contribution is -2.38. The lowest BCUT2D eigenvalue weighted by molar-refractivity contribution is -0.141. The van der Waals surface area contributed by atoms with E-state index < -0.39 is 5.97 Å². The quantitative estimate of drug-likeness (QED) is 0.843. The molecule has 0 heterocycles. The van der Waals surface area contributed by atoms with Crippen molar-refractivity contribution in [2.45, 2.75) is 26.3 Å². The first-order valence-electron chi connectivity index (χ1n) is 6.93. The van der Waals surface area contributed by atoms with Crippen molar-refractivity contribution in [3.8, 4) is 0 Å². The Hall–Kier alpha value is -2.14. The predicted molar refractivity (Wildman–Crippen MR) is 81.8 cm³/mol. The number of esters is 1. The summed E-state index contributed by atoms with van der Waals surface area (Å²) in [4.78, 5) is 35.6. The zero-order chi connectivity index (χ0) is 16.3. The van der Waals surface area contributed by atoms with E-state index >= 15 is 0 Å². The van der Waals surface area contributed by atoms with Crippen LogP contribution in [0.5, 0.6) is 0 Å². The molecule has 1 aromatic rings. The van der Waals surface area contributed by atoms with Gasteiger partial charge in [0.05, 0.1) is 6.04 Å². The maximum Gasteiger partial charge on any atom is 0.302 e. The number of Topliss-reactive ketones (excluding diaryl/α,β-unsaturated/α-hetero) is 2. The van der Waals surface area contributed by atoms with Gasteiger partial charge in [0.2, 0.25) is 11.6 Å². The van der Waals surface area contributed by atoms with Crippen LogP contribution in [0.25, 0.3) is 0 Å². The van der Waals surface area contributed by atoms with E-state index in [0.717, 1.165) is 0 Å². The number of benzene rings is 1. The average molecular weight is 322 g/mol. The van der Waals surface area contributed by atoms with Gasteiger partial charge >= 0.3 is 5.97 Å². The predicted octanol–water partition coefficient (Wildman–Crippen LogP) is 2.45. The summed E-state index contributed by atoms with van der Waals surface area (Å²) in [7, 11) is 0. The zero-order valence-electron chi connectivity index (χ0n) is 12.3. The fraction of sp³-hybridized carbons (Fsp3) is 0.312. The van der Waals surface area contributed by atoms with Crippen molar-refractivity contribution in [3.05, 3.63) is 46.1 Å². The van der Waals surface area contributed by atoms with E-state index in [9.17, 15) is 14.4 Å². The maximum atomic E-state index is 12.5. The first kappa shape index (κ1) is 16.2. The number of ether oxygens (including phenoxy) is 1. The number of allylic oxidation sites excluding steroid dienone is 2. The molecule has 0 amide bonds. The van der Waals surface area contributed by atoms with Crippen LogP contribution >= 0.6 is 11.6 Å². The van der Waals surface area contributed by atoms with Crippen LogP contribution in [0.2, 0.25) is 0 Å². The molecule has 22 heavy (non-hydrogen) atoms. The first-order valence-corrected chi connectivity index (χ1v) is 7.31. The Balaban J connectivity index is 2.27. The normalized spacial score (nSPS) is 15.4. The van der Waals surface area contributed by atoms with Crippen LogP contribution < -0.4 is 5.32 Å². The van der Waals surface area contributed by atoms with Gasteiger partial charge in [-0.05, 0) is 6.42 Å². The molecule has 1 aliphatic carbocycles. The van der Waals surface area contributed by atoms with E-state index in [1.165, 1.54) is 6.92 Å². The van der Waals surface area contributed by atoms with Crippen molar-refractivity contribution in [1.29, 1.82) is 0 Å². The van der Waals surface area contributed by atoms with Crippen LogP contribution in [0.4, 0.5) is 0 Å². The van der Waals surface area contributed by atoms with Crippen molar-refractivity contribution in [2.75, 3.05) is 6.61 Å². The van der Waals surface area contributed by atoms with Gasteiger partial charge in [-0.25, -0.2) is 0 Å². The second-order valence-corrected chi connectivity index (χ2v) is 5.32. The number of carbonyl (C=O) groups is 3. The summed E-state index contributed by atoms with van der Waals surface area (Å²) in [6.07, 6.45) is 0.601. The van der Waals surface area contributed by atoms with Crippen LogP contribution in [0.3, 0.4) is 0 Å². The SMILES string of the molecule is CCC(COC(C)=O)NC1=C(Cl)C(=O)c2ccccc2C1=O. The Labute approximate surface area is 133 Å². The highest BCUT2D eigenvalue weighted by Gasteiger charge is 2.32. The molecular formula is C16H16ClNO4. The van der Waals surface area contributed by atoms with Crippen LogP contribution in [0, 0.1) is 0 Å². The molecule has 6 heteroatoms. The Bertz CT molecular complexity index is 666. The summed E-state index contributed by atoms with van der Waals surface area (Å²) in [6, 6.07) is 6.24. The van der Waals surface area contributed by atoms with Gasteiger partial charge in [0.25, 0.3) is 0 Å². The third-order valence-electron chi connectivity index (χ3n) is 3.39. The highest BCUT2D eigenvalue weighted by Crippen LogP contribution is 2.27. The molecule has 1 unspecified atom stereocenters. The summed E-state index contributed by atoms with van der Waals surface area (Å²) in [5.41, 5.74) is 0.683. The fourth-order valence-corrected chi connectivity index (χ4v) is 2.40. The molecule has 2 rings (SSSR count). The molecule has 1 aromatic carbocycles. The molecule has 1 atom stereocenters. The molecule has 0 fully saturated rings. The number of rotatable bonds is 5. The van der Waals surface area contributed by atoms with Gasteiger partial charge in [-0.2, -0.15) is 0 Å². The molecule has 0 saturated carbocycles. The topological polar surface area (TPSA) is 72.5 Å². The molecule has 0 spiro atoms. The molecule has 5 nitrogen and oxygen atoms in total. The third-order valence-corrected chi connectivity index (χ3v) is 3.75. The van der Waals surface area contributed by atoms with Gasteiger partial charge in [-0.1, -0.05) is 42.8 Å². The number of hydrogen-bond donors (Lipinski definition) is 1. The lowest BCUT2D eigenvalue weighted by atomic mass is 9.92. The summed E-state index contributed by atoms with van der Waals surface area (Å²) in [5, 5.41) is 2.80.